The Morgan fingerprint density at radius 3 is 2.48 bits per heavy atom. The summed E-state index contributed by atoms with van der Waals surface area (Å²) in [5, 5.41) is 0. The maximum Gasteiger partial charge on any atom is 0.243 e. The number of benzene rings is 2. The summed E-state index contributed by atoms with van der Waals surface area (Å²) in [7, 11) is -3.59. The zero-order valence-electron chi connectivity index (χ0n) is 13.7. The molecule has 0 radical (unpaired) electrons. The summed E-state index contributed by atoms with van der Waals surface area (Å²) in [5.74, 6) is -0.438. The van der Waals surface area contributed by atoms with Crippen molar-refractivity contribution in [3.05, 3.63) is 65.5 Å². The maximum absolute atomic E-state index is 13.1. The van der Waals surface area contributed by atoms with Gasteiger partial charge in [0.2, 0.25) is 10.0 Å². The number of hydrogen-bond acceptors (Lipinski definition) is 4. The Morgan fingerprint density at radius 1 is 1.20 bits per heavy atom. The minimum Gasteiger partial charge on any atom is -0.371 e. The number of nitrogens with zero attached hydrogens (tertiary/aromatic N) is 1. The van der Waals surface area contributed by atoms with Crippen LogP contribution in [0.4, 0.5) is 4.39 Å². The molecule has 1 fully saturated rings. The Morgan fingerprint density at radius 2 is 1.88 bits per heavy atom. The van der Waals surface area contributed by atoms with Gasteiger partial charge in [-0.3, -0.25) is 4.79 Å². The first-order chi connectivity index (χ1) is 11.9. The summed E-state index contributed by atoms with van der Waals surface area (Å²) in [6.45, 7) is 2.18. The minimum absolute atomic E-state index is 0.112. The van der Waals surface area contributed by atoms with Gasteiger partial charge in [-0.05, 0) is 36.8 Å². The summed E-state index contributed by atoms with van der Waals surface area (Å²) >= 11 is 0. The third-order valence-electron chi connectivity index (χ3n) is 4.09. The molecular formula is C18H18FNO4S. The lowest BCUT2D eigenvalue weighted by Gasteiger charge is -2.37. The highest BCUT2D eigenvalue weighted by molar-refractivity contribution is 7.89. The molecule has 2 aromatic carbocycles. The minimum atomic E-state index is -3.59. The molecule has 0 bridgehead atoms. The molecule has 132 valence electrons. The van der Waals surface area contributed by atoms with Gasteiger partial charge in [-0.2, -0.15) is 4.31 Å². The van der Waals surface area contributed by atoms with Gasteiger partial charge < -0.3 is 4.74 Å². The molecule has 1 aliphatic heterocycles. The second kappa shape index (κ2) is 7.03. The largest absolute Gasteiger partial charge is 0.371 e. The number of Topliss-reactive ketones (excluding diaryl/α,β-unsaturated/α-hetero) is 1. The number of rotatable bonds is 6. The standard InChI is InChI=1S/C18H18FNO4S/c1-13(21)15-5-7-18(8-6-15)25(22,23)20-10-17(11-20)24-12-14-3-2-4-16(19)9-14/h2-9,17H,10-12H2,1H3. The molecule has 7 heteroatoms. The molecular weight excluding hydrogens is 345 g/mol. The number of carbonyl (C=O) groups excluding carboxylic acids is 1. The normalized spacial score (nSPS) is 15.8. The molecule has 0 N–H and O–H groups in total. The van der Waals surface area contributed by atoms with E-state index in [1.54, 1.807) is 12.1 Å². The van der Waals surface area contributed by atoms with Crippen LogP contribution in [0.1, 0.15) is 22.8 Å². The maximum atomic E-state index is 13.1. The molecule has 0 aliphatic carbocycles. The lowest BCUT2D eigenvalue weighted by atomic mass is 10.2. The van der Waals surface area contributed by atoms with Crippen molar-refractivity contribution in [2.24, 2.45) is 0 Å². The average Bonchev–Trinajstić information content (AvgIpc) is 2.53. The summed E-state index contributed by atoms with van der Waals surface area (Å²) in [6.07, 6.45) is -0.213. The van der Waals surface area contributed by atoms with Crippen molar-refractivity contribution in [2.45, 2.75) is 24.5 Å². The highest BCUT2D eigenvalue weighted by Gasteiger charge is 2.37. The van der Waals surface area contributed by atoms with Crippen LogP contribution in [0.5, 0.6) is 0 Å². The number of ether oxygens (including phenoxy) is 1. The van der Waals surface area contributed by atoms with Crippen molar-refractivity contribution in [3.8, 4) is 0 Å². The molecule has 1 saturated heterocycles. The molecule has 1 heterocycles. The third kappa shape index (κ3) is 3.95. The first kappa shape index (κ1) is 17.7. The van der Waals surface area contributed by atoms with Gasteiger partial charge in [0.25, 0.3) is 0 Å². The van der Waals surface area contributed by atoms with Gasteiger partial charge in [0.05, 0.1) is 17.6 Å². The van der Waals surface area contributed by atoms with Crippen molar-refractivity contribution in [1.29, 1.82) is 0 Å². The van der Waals surface area contributed by atoms with E-state index in [-0.39, 0.29) is 42.3 Å². The summed E-state index contributed by atoms with van der Waals surface area (Å²) < 4.78 is 45.0. The zero-order chi connectivity index (χ0) is 18.0. The Kier molecular flexibility index (Phi) is 4.99. The van der Waals surface area contributed by atoms with E-state index in [0.717, 1.165) is 0 Å². The van der Waals surface area contributed by atoms with Crippen LogP contribution in [0.25, 0.3) is 0 Å². The van der Waals surface area contributed by atoms with E-state index in [2.05, 4.69) is 0 Å². The predicted octanol–water partition coefficient (Wildman–Crippen LogP) is 2.62. The highest BCUT2D eigenvalue weighted by Crippen LogP contribution is 2.24. The van der Waals surface area contributed by atoms with Crippen molar-refractivity contribution in [1.82, 2.24) is 4.31 Å². The van der Waals surface area contributed by atoms with Gasteiger partial charge in [0.15, 0.2) is 5.78 Å². The van der Waals surface area contributed by atoms with Gasteiger partial charge in [-0.1, -0.05) is 24.3 Å². The Balaban J connectivity index is 1.56. The fourth-order valence-corrected chi connectivity index (χ4v) is 4.06. The zero-order valence-corrected chi connectivity index (χ0v) is 14.5. The average molecular weight is 363 g/mol. The molecule has 0 saturated carbocycles. The second-order valence-electron chi connectivity index (χ2n) is 5.97. The predicted molar refractivity (Wildman–Crippen MR) is 90.2 cm³/mol. The van der Waals surface area contributed by atoms with Gasteiger partial charge >= 0.3 is 0 Å². The topological polar surface area (TPSA) is 63.7 Å². The first-order valence-electron chi connectivity index (χ1n) is 7.83. The number of hydrogen-bond donors (Lipinski definition) is 0. The van der Waals surface area contributed by atoms with E-state index < -0.39 is 10.0 Å². The Hall–Kier alpha value is -2.09. The summed E-state index contributed by atoms with van der Waals surface area (Å²) in [4.78, 5) is 11.4. The van der Waals surface area contributed by atoms with Gasteiger partial charge in [-0.15, -0.1) is 0 Å². The SMILES string of the molecule is CC(=O)c1ccc(S(=O)(=O)N2CC(OCc3cccc(F)c3)C2)cc1. The number of sulfonamides is 1. The molecule has 5 nitrogen and oxygen atoms in total. The molecule has 0 atom stereocenters. The van der Waals surface area contributed by atoms with Crippen LogP contribution in [0, 0.1) is 5.82 Å². The van der Waals surface area contributed by atoms with E-state index >= 15 is 0 Å². The molecule has 0 amide bonds. The number of halogens is 1. The molecule has 0 spiro atoms. The van der Waals surface area contributed by atoms with E-state index in [4.69, 9.17) is 4.74 Å². The lowest BCUT2D eigenvalue weighted by molar-refractivity contribution is -0.0296. The third-order valence-corrected chi connectivity index (χ3v) is 5.93. The summed E-state index contributed by atoms with van der Waals surface area (Å²) in [5.41, 5.74) is 1.18. The number of ketones is 1. The molecule has 2 aromatic rings. The molecule has 3 rings (SSSR count). The molecule has 0 aromatic heterocycles. The fourth-order valence-electron chi connectivity index (χ4n) is 2.55. The second-order valence-corrected chi connectivity index (χ2v) is 7.90. The Bertz CT molecular complexity index is 874. The van der Waals surface area contributed by atoms with Crippen molar-refractivity contribution in [2.75, 3.05) is 13.1 Å². The fraction of sp³-hybridized carbons (Fsp3) is 0.278. The van der Waals surface area contributed by atoms with E-state index in [1.807, 2.05) is 0 Å². The van der Waals surface area contributed by atoms with Crippen LogP contribution >= 0.6 is 0 Å². The van der Waals surface area contributed by atoms with Crippen molar-refractivity contribution >= 4 is 15.8 Å². The van der Waals surface area contributed by atoms with Crippen LogP contribution in [-0.2, 0) is 21.4 Å². The smallest absolute Gasteiger partial charge is 0.243 e. The van der Waals surface area contributed by atoms with Crippen LogP contribution in [0.2, 0.25) is 0 Å². The van der Waals surface area contributed by atoms with Gasteiger partial charge in [-0.25, -0.2) is 12.8 Å². The van der Waals surface area contributed by atoms with E-state index in [9.17, 15) is 17.6 Å². The van der Waals surface area contributed by atoms with Crippen LogP contribution in [0.3, 0.4) is 0 Å². The summed E-state index contributed by atoms with van der Waals surface area (Å²) in [6, 6.07) is 12.0. The number of carbonyl (C=O) groups is 1. The van der Waals surface area contributed by atoms with Crippen LogP contribution in [-0.4, -0.2) is 37.7 Å². The van der Waals surface area contributed by atoms with Crippen LogP contribution in [0.15, 0.2) is 53.4 Å². The van der Waals surface area contributed by atoms with Gasteiger partial charge in [0.1, 0.15) is 5.82 Å². The van der Waals surface area contributed by atoms with Crippen molar-refractivity contribution in [3.63, 3.8) is 0 Å². The van der Waals surface area contributed by atoms with Crippen LogP contribution < -0.4 is 0 Å². The van der Waals surface area contributed by atoms with Crippen molar-refractivity contribution < 1.29 is 22.3 Å². The molecule has 25 heavy (non-hydrogen) atoms. The Labute approximate surface area is 146 Å². The quantitative estimate of drug-likeness (QED) is 0.740. The lowest BCUT2D eigenvalue weighted by Crippen LogP contribution is -2.54. The molecule has 1 aliphatic rings. The van der Waals surface area contributed by atoms with Gasteiger partial charge in [0, 0.05) is 18.7 Å². The monoisotopic (exact) mass is 363 g/mol. The highest BCUT2D eigenvalue weighted by atomic mass is 32.2. The van der Waals surface area contributed by atoms with E-state index in [0.29, 0.717) is 11.1 Å². The first-order valence-corrected chi connectivity index (χ1v) is 9.27. The van der Waals surface area contributed by atoms with E-state index in [1.165, 1.54) is 47.6 Å². The molecule has 0 unspecified atom stereocenters.